The highest BCUT2D eigenvalue weighted by Gasteiger charge is 2.04. The molecule has 0 unspecified atom stereocenters. The zero-order valence-corrected chi connectivity index (χ0v) is 9.46. The predicted molar refractivity (Wildman–Crippen MR) is 59.5 cm³/mol. The van der Waals surface area contributed by atoms with Gasteiger partial charge in [-0.25, -0.2) is 9.82 Å². The maximum absolute atomic E-state index is 10.5. The maximum atomic E-state index is 10.5. The van der Waals surface area contributed by atoms with E-state index in [0.717, 1.165) is 5.03 Å². The van der Waals surface area contributed by atoms with E-state index < -0.39 is 0 Å². The molecule has 1 aromatic heterocycles. The van der Waals surface area contributed by atoms with Crippen LogP contribution in [0, 0.1) is 4.91 Å². The van der Waals surface area contributed by atoms with E-state index in [0.29, 0.717) is 5.75 Å². The molecule has 0 saturated carbocycles. The molecule has 0 spiro atoms. The molecule has 0 aliphatic carbocycles. The fraction of sp³-hybridized carbons (Fsp3) is 0.286. The molecule has 82 valence electrons. The third kappa shape index (κ3) is 5.45. The molecule has 1 heterocycles. The van der Waals surface area contributed by atoms with Gasteiger partial charge in [-0.05, 0) is 28.5 Å². The molecule has 0 atom stereocenters. The Morgan fingerprint density at radius 1 is 1.60 bits per heavy atom. The van der Waals surface area contributed by atoms with Gasteiger partial charge in [0, 0.05) is 11.9 Å². The predicted octanol–water partition coefficient (Wildman–Crippen LogP) is 0.911. The molecule has 3 N–H and O–H groups in total. The van der Waals surface area contributed by atoms with Gasteiger partial charge in [-0.1, -0.05) is 16.9 Å². The lowest BCUT2D eigenvalue weighted by Crippen LogP contribution is -2.33. The number of hydrogen-bond donors (Lipinski definition) is 2. The molecule has 0 amide bonds. The van der Waals surface area contributed by atoms with Crippen molar-refractivity contribution in [3.05, 3.63) is 29.3 Å². The number of pyridine rings is 1. The summed E-state index contributed by atoms with van der Waals surface area (Å²) in [6, 6.07) is 5.70. The summed E-state index contributed by atoms with van der Waals surface area (Å²) in [5.74, 6) is 5.46. The second-order valence-corrected chi connectivity index (χ2v) is 4.73. The van der Waals surface area contributed by atoms with Crippen LogP contribution in [-0.4, -0.2) is 22.4 Å². The number of hydrogen-bond acceptors (Lipinski definition) is 6. The average molecular weight is 247 g/mol. The fourth-order valence-corrected chi connectivity index (χ4v) is 2.39. The van der Waals surface area contributed by atoms with Gasteiger partial charge in [-0.15, -0.1) is 0 Å². The topological polar surface area (TPSA) is 80.2 Å². The van der Waals surface area contributed by atoms with Crippen LogP contribution in [0.1, 0.15) is 0 Å². The summed E-state index contributed by atoms with van der Waals surface area (Å²) in [5.41, 5.74) is 1.80. The number of nitrogens with one attached hydrogen (secondary N) is 1. The quantitative estimate of drug-likeness (QED) is 0.321. The summed E-state index contributed by atoms with van der Waals surface area (Å²) in [4.78, 5) is 19.2. The molecule has 6 nitrogen and oxygen atoms in total. The van der Waals surface area contributed by atoms with Crippen molar-refractivity contribution >= 4 is 21.6 Å². The van der Waals surface area contributed by atoms with Crippen LogP contribution in [-0.2, 0) is 4.84 Å². The van der Waals surface area contributed by atoms with Crippen molar-refractivity contribution < 1.29 is 9.87 Å². The zero-order valence-electron chi connectivity index (χ0n) is 7.83. The van der Waals surface area contributed by atoms with E-state index in [1.54, 1.807) is 22.5 Å². The first-order chi connectivity index (χ1) is 7.33. The number of hydrazine groups is 2. The van der Waals surface area contributed by atoms with E-state index in [1.807, 2.05) is 18.2 Å². The molecule has 0 aliphatic heterocycles. The third-order valence-corrected chi connectivity index (χ3v) is 3.49. The van der Waals surface area contributed by atoms with Crippen LogP contribution in [0.15, 0.2) is 29.4 Å². The van der Waals surface area contributed by atoms with Crippen molar-refractivity contribution in [2.24, 2.45) is 5.84 Å². The Morgan fingerprint density at radius 3 is 3.13 bits per heavy atom. The lowest BCUT2D eigenvalue weighted by Gasteiger charge is -1.97. The summed E-state index contributed by atoms with van der Waals surface area (Å²) in [6.45, 7) is 0.290. The van der Waals surface area contributed by atoms with Crippen molar-refractivity contribution in [1.82, 2.24) is 10.5 Å². The normalized spacial score (nSPS) is 9.67. The Hall–Kier alpha value is -0.990. The summed E-state index contributed by atoms with van der Waals surface area (Å²) in [7, 11) is 3.09. The molecule has 0 bridgehead atoms. The lowest BCUT2D eigenvalue weighted by atomic mass is 10.5. The summed E-state index contributed by atoms with van der Waals surface area (Å²) in [6.07, 6.45) is 1.73. The first kappa shape index (κ1) is 12.1. The number of nitrogens with two attached hydrogens (primary N) is 1. The first-order valence-corrected chi connectivity index (χ1v) is 6.41. The summed E-state index contributed by atoms with van der Waals surface area (Å²) < 4.78 is 0. The van der Waals surface area contributed by atoms with Crippen molar-refractivity contribution in [3.63, 3.8) is 0 Å². The highest BCUT2D eigenvalue weighted by atomic mass is 33.1. The van der Waals surface area contributed by atoms with E-state index >= 15 is 0 Å². The fourth-order valence-electron chi connectivity index (χ4n) is 0.690. The molecule has 8 heteroatoms. The van der Waals surface area contributed by atoms with Crippen molar-refractivity contribution in [2.45, 2.75) is 5.03 Å². The van der Waals surface area contributed by atoms with Gasteiger partial charge in [0.2, 0.25) is 0 Å². The second-order valence-electron chi connectivity index (χ2n) is 2.29. The Bertz CT molecular complexity index is 298. The van der Waals surface area contributed by atoms with E-state index in [2.05, 4.69) is 9.82 Å². The smallest absolute Gasteiger partial charge is 0.249 e. The van der Waals surface area contributed by atoms with Gasteiger partial charge < -0.3 is 0 Å². The van der Waals surface area contributed by atoms with E-state index in [-0.39, 0.29) is 11.6 Å². The third-order valence-electron chi connectivity index (χ3n) is 1.26. The summed E-state index contributed by atoms with van der Waals surface area (Å²) >= 11 is 0. The first-order valence-electron chi connectivity index (χ1n) is 4.10. The maximum Gasteiger partial charge on any atom is 0.372 e. The van der Waals surface area contributed by atoms with Crippen LogP contribution in [0.5, 0.6) is 0 Å². The molecule has 0 aromatic carbocycles. The monoisotopic (exact) mass is 247 g/mol. The van der Waals surface area contributed by atoms with Crippen molar-refractivity contribution in [2.75, 3.05) is 12.4 Å². The Labute approximate surface area is 94.8 Å². The number of aromatic nitrogens is 1. The number of nitrogens with zero attached hydrogens (tertiary/aromatic N) is 2. The zero-order chi connectivity index (χ0) is 10.9. The van der Waals surface area contributed by atoms with Gasteiger partial charge in [-0.2, -0.15) is 5.84 Å². The molecule has 0 radical (unpaired) electrons. The van der Waals surface area contributed by atoms with Gasteiger partial charge in [0.15, 0.2) is 6.61 Å². The number of rotatable bonds is 7. The molecular weight excluding hydrogens is 236 g/mol. The van der Waals surface area contributed by atoms with Crippen LogP contribution in [0.2, 0.25) is 0 Å². The average Bonchev–Trinajstić information content (AvgIpc) is 2.29. The Balaban J connectivity index is 2.05. The SMILES string of the molecule is NN[N+](=O)OCCSSc1ccccn1. The molecule has 1 rings (SSSR count). The molecule has 15 heavy (non-hydrogen) atoms. The second kappa shape index (κ2) is 7.32. The van der Waals surface area contributed by atoms with Crippen LogP contribution in [0.4, 0.5) is 0 Å². The van der Waals surface area contributed by atoms with Gasteiger partial charge in [-0.3, -0.25) is 0 Å². The van der Waals surface area contributed by atoms with Gasteiger partial charge >= 0.3 is 5.03 Å². The minimum Gasteiger partial charge on any atom is -0.249 e. The van der Waals surface area contributed by atoms with Crippen molar-refractivity contribution in [3.8, 4) is 0 Å². The standard InChI is InChI=1S/C7H11N4O2S2/c8-10-11(12)13-5-6-14-15-7-3-1-2-4-9-7/h1-4H,5-6,8H2,(H,10,12)/q+1. The Kier molecular flexibility index (Phi) is 5.90. The minimum absolute atomic E-state index is 0.117. The summed E-state index contributed by atoms with van der Waals surface area (Å²) in [5, 5.41) is 1.05. The molecule has 0 aliphatic rings. The lowest BCUT2D eigenvalue weighted by molar-refractivity contribution is -0.843. The van der Waals surface area contributed by atoms with E-state index in [4.69, 9.17) is 5.84 Å². The Morgan fingerprint density at radius 2 is 2.47 bits per heavy atom. The molecule has 0 saturated heterocycles. The van der Waals surface area contributed by atoms with Gasteiger partial charge in [0.1, 0.15) is 9.93 Å². The van der Waals surface area contributed by atoms with Crippen LogP contribution in [0.25, 0.3) is 0 Å². The van der Waals surface area contributed by atoms with E-state index in [1.165, 1.54) is 10.8 Å². The van der Waals surface area contributed by atoms with E-state index in [9.17, 15) is 4.91 Å². The highest BCUT2D eigenvalue weighted by molar-refractivity contribution is 8.76. The van der Waals surface area contributed by atoms with Crippen LogP contribution < -0.4 is 11.4 Å². The van der Waals surface area contributed by atoms with Crippen LogP contribution in [0.3, 0.4) is 0 Å². The molecular formula is C7H11N4O2S2+. The molecule has 0 fully saturated rings. The van der Waals surface area contributed by atoms with Crippen LogP contribution >= 0.6 is 21.6 Å². The largest absolute Gasteiger partial charge is 0.372 e. The minimum atomic E-state index is 0.117. The molecule has 1 aromatic rings. The van der Waals surface area contributed by atoms with Gasteiger partial charge in [0.25, 0.3) is 0 Å². The van der Waals surface area contributed by atoms with Crippen molar-refractivity contribution in [1.29, 1.82) is 0 Å². The van der Waals surface area contributed by atoms with Gasteiger partial charge in [0.05, 0.1) is 0 Å². The highest BCUT2D eigenvalue weighted by Crippen LogP contribution is 2.28.